The number of hydrogen-bond donors (Lipinski definition) is 0. The minimum absolute atomic E-state index is 0.454. The van der Waals surface area contributed by atoms with Crippen LogP contribution in [0.4, 0.5) is 0 Å². The standard InChI is InChI=1S/C18H9Cl5/c19-11-4-1-3-10(9-11)16-14(20)8-7-13(18(16)23)12-5-2-6-15(21)17(12)22/h1-9H. The number of hydrogen-bond acceptors (Lipinski definition) is 0. The van der Waals surface area contributed by atoms with Crippen molar-refractivity contribution in [3.8, 4) is 22.3 Å². The zero-order chi connectivity index (χ0) is 16.6. The molecule has 0 aliphatic carbocycles. The van der Waals surface area contributed by atoms with Crippen LogP contribution in [0, 0.1) is 0 Å². The van der Waals surface area contributed by atoms with Gasteiger partial charge in [-0.05, 0) is 29.8 Å². The molecule has 0 aliphatic rings. The van der Waals surface area contributed by atoms with Crippen LogP contribution in [0.25, 0.3) is 22.3 Å². The normalized spacial score (nSPS) is 10.8. The highest BCUT2D eigenvalue weighted by Gasteiger charge is 2.16. The molecule has 0 unspecified atom stereocenters. The Bertz CT molecular complexity index is 887. The summed E-state index contributed by atoms with van der Waals surface area (Å²) in [5.74, 6) is 0. The first kappa shape index (κ1) is 17.0. The molecule has 0 atom stereocenters. The van der Waals surface area contributed by atoms with E-state index in [-0.39, 0.29) is 0 Å². The first-order valence-electron chi connectivity index (χ1n) is 6.67. The molecule has 0 aliphatic heterocycles. The lowest BCUT2D eigenvalue weighted by molar-refractivity contribution is 1.58. The second-order valence-corrected chi connectivity index (χ2v) is 6.90. The average Bonchev–Trinajstić information content (AvgIpc) is 2.51. The van der Waals surface area contributed by atoms with Gasteiger partial charge in [-0.3, -0.25) is 0 Å². The molecule has 0 spiro atoms. The Hall–Kier alpha value is -0.890. The Morgan fingerprint density at radius 3 is 2.00 bits per heavy atom. The Balaban J connectivity index is 2.26. The molecule has 0 fully saturated rings. The zero-order valence-corrected chi connectivity index (χ0v) is 15.4. The molecule has 0 N–H and O–H groups in total. The molecular weight excluding hydrogens is 393 g/mol. The highest BCUT2D eigenvalue weighted by Crippen LogP contribution is 2.44. The van der Waals surface area contributed by atoms with Gasteiger partial charge in [0.05, 0.1) is 15.1 Å². The number of halogens is 5. The Morgan fingerprint density at radius 1 is 0.565 bits per heavy atom. The summed E-state index contributed by atoms with van der Waals surface area (Å²) in [6.07, 6.45) is 0. The highest BCUT2D eigenvalue weighted by atomic mass is 35.5. The van der Waals surface area contributed by atoms with Crippen molar-refractivity contribution in [2.24, 2.45) is 0 Å². The van der Waals surface area contributed by atoms with Crippen LogP contribution in [0.1, 0.15) is 0 Å². The Labute approximate surface area is 159 Å². The maximum Gasteiger partial charge on any atom is 0.0671 e. The monoisotopic (exact) mass is 400 g/mol. The predicted molar refractivity (Wildman–Crippen MR) is 102 cm³/mol. The van der Waals surface area contributed by atoms with E-state index in [2.05, 4.69) is 0 Å². The third-order valence-electron chi connectivity index (χ3n) is 3.45. The molecule has 23 heavy (non-hydrogen) atoms. The van der Waals surface area contributed by atoms with E-state index in [9.17, 15) is 0 Å². The summed E-state index contributed by atoms with van der Waals surface area (Å²) >= 11 is 31.5. The van der Waals surface area contributed by atoms with Gasteiger partial charge in [-0.2, -0.15) is 0 Å². The lowest BCUT2D eigenvalue weighted by atomic mass is 9.98. The van der Waals surface area contributed by atoms with E-state index in [1.54, 1.807) is 18.2 Å². The van der Waals surface area contributed by atoms with E-state index in [0.29, 0.717) is 30.7 Å². The van der Waals surface area contributed by atoms with Crippen molar-refractivity contribution >= 4 is 58.0 Å². The SMILES string of the molecule is Clc1cccc(-c2c(Cl)ccc(-c3cccc(Cl)c3Cl)c2Cl)c1. The lowest BCUT2D eigenvalue weighted by Gasteiger charge is -2.14. The van der Waals surface area contributed by atoms with Crippen molar-refractivity contribution < 1.29 is 0 Å². The van der Waals surface area contributed by atoms with Crippen molar-refractivity contribution in [2.75, 3.05) is 0 Å². The van der Waals surface area contributed by atoms with Crippen molar-refractivity contribution in [2.45, 2.75) is 0 Å². The van der Waals surface area contributed by atoms with Crippen LogP contribution in [0.3, 0.4) is 0 Å². The van der Waals surface area contributed by atoms with Crippen LogP contribution in [0.5, 0.6) is 0 Å². The van der Waals surface area contributed by atoms with Crippen LogP contribution in [0.15, 0.2) is 54.6 Å². The maximum absolute atomic E-state index is 6.63. The van der Waals surface area contributed by atoms with Gasteiger partial charge in [0.2, 0.25) is 0 Å². The van der Waals surface area contributed by atoms with E-state index in [1.165, 1.54) is 0 Å². The molecule has 3 rings (SSSR count). The molecule has 0 bridgehead atoms. The fourth-order valence-corrected chi connectivity index (χ4v) is 3.66. The molecule has 0 radical (unpaired) electrons. The van der Waals surface area contributed by atoms with E-state index in [1.807, 2.05) is 36.4 Å². The first-order chi connectivity index (χ1) is 11.0. The summed E-state index contributed by atoms with van der Waals surface area (Å²) in [5.41, 5.74) is 3.07. The van der Waals surface area contributed by atoms with Gasteiger partial charge >= 0.3 is 0 Å². The van der Waals surface area contributed by atoms with Gasteiger partial charge in [0.1, 0.15) is 0 Å². The minimum atomic E-state index is 0.454. The van der Waals surface area contributed by atoms with Crippen LogP contribution < -0.4 is 0 Å². The Kier molecular flexibility index (Phi) is 5.10. The minimum Gasteiger partial charge on any atom is -0.0843 e. The molecule has 0 amide bonds. The van der Waals surface area contributed by atoms with Crippen LogP contribution in [-0.4, -0.2) is 0 Å². The third-order valence-corrected chi connectivity index (χ3v) is 5.21. The van der Waals surface area contributed by atoms with Gasteiger partial charge in [0, 0.05) is 26.7 Å². The maximum atomic E-state index is 6.63. The smallest absolute Gasteiger partial charge is 0.0671 e. The predicted octanol–water partition coefficient (Wildman–Crippen LogP) is 8.29. The molecule has 0 nitrogen and oxygen atoms in total. The summed E-state index contributed by atoms with van der Waals surface area (Å²) in [7, 11) is 0. The average molecular weight is 403 g/mol. The second kappa shape index (κ2) is 6.93. The summed E-state index contributed by atoms with van der Waals surface area (Å²) in [5, 5.41) is 2.58. The van der Waals surface area contributed by atoms with Gasteiger partial charge in [-0.1, -0.05) is 88.3 Å². The largest absolute Gasteiger partial charge is 0.0843 e. The van der Waals surface area contributed by atoms with Crippen molar-refractivity contribution in [1.82, 2.24) is 0 Å². The zero-order valence-electron chi connectivity index (χ0n) is 11.6. The molecule has 116 valence electrons. The van der Waals surface area contributed by atoms with Crippen LogP contribution in [-0.2, 0) is 0 Å². The molecule has 0 saturated heterocycles. The highest BCUT2D eigenvalue weighted by molar-refractivity contribution is 6.45. The van der Waals surface area contributed by atoms with Crippen molar-refractivity contribution in [1.29, 1.82) is 0 Å². The van der Waals surface area contributed by atoms with Crippen LogP contribution in [0.2, 0.25) is 25.1 Å². The van der Waals surface area contributed by atoms with E-state index in [4.69, 9.17) is 58.0 Å². The lowest BCUT2D eigenvalue weighted by Crippen LogP contribution is -1.88. The van der Waals surface area contributed by atoms with Crippen molar-refractivity contribution in [3.05, 3.63) is 79.7 Å². The van der Waals surface area contributed by atoms with Gasteiger partial charge in [0.25, 0.3) is 0 Å². The molecule has 3 aromatic carbocycles. The fraction of sp³-hybridized carbons (Fsp3) is 0. The Morgan fingerprint density at radius 2 is 1.26 bits per heavy atom. The van der Waals surface area contributed by atoms with Gasteiger partial charge in [-0.25, -0.2) is 0 Å². The molecule has 3 aromatic rings. The summed E-state index contributed by atoms with van der Waals surface area (Å²) in [4.78, 5) is 0. The number of benzene rings is 3. The molecule has 0 saturated carbocycles. The van der Waals surface area contributed by atoms with Crippen LogP contribution >= 0.6 is 58.0 Å². The summed E-state index contributed by atoms with van der Waals surface area (Å²) in [6, 6.07) is 16.4. The van der Waals surface area contributed by atoms with Gasteiger partial charge in [-0.15, -0.1) is 0 Å². The number of rotatable bonds is 2. The molecule has 0 heterocycles. The first-order valence-corrected chi connectivity index (χ1v) is 8.56. The van der Waals surface area contributed by atoms with Gasteiger partial charge < -0.3 is 0 Å². The summed E-state index contributed by atoms with van der Waals surface area (Å²) < 4.78 is 0. The molecule has 5 heteroatoms. The van der Waals surface area contributed by atoms with E-state index >= 15 is 0 Å². The van der Waals surface area contributed by atoms with Crippen molar-refractivity contribution in [3.63, 3.8) is 0 Å². The fourth-order valence-electron chi connectivity index (χ4n) is 2.38. The third kappa shape index (κ3) is 3.33. The molecular formula is C18H9Cl5. The second-order valence-electron chi connectivity index (χ2n) is 4.90. The molecule has 0 aromatic heterocycles. The van der Waals surface area contributed by atoms with Gasteiger partial charge in [0.15, 0.2) is 0 Å². The quantitative estimate of drug-likeness (QED) is 0.404. The van der Waals surface area contributed by atoms with E-state index in [0.717, 1.165) is 16.7 Å². The van der Waals surface area contributed by atoms with E-state index < -0.39 is 0 Å². The summed E-state index contributed by atoms with van der Waals surface area (Å²) in [6.45, 7) is 0. The topological polar surface area (TPSA) is 0 Å².